The van der Waals surface area contributed by atoms with Crippen LogP contribution in [0.5, 0.6) is 17.2 Å². The van der Waals surface area contributed by atoms with Gasteiger partial charge in [-0.2, -0.15) is 0 Å². The van der Waals surface area contributed by atoms with E-state index in [1.807, 2.05) is 59.5 Å². The lowest BCUT2D eigenvalue weighted by Crippen LogP contribution is -2.42. The average molecular weight is 472 g/mol. The van der Waals surface area contributed by atoms with E-state index >= 15 is 0 Å². The molecule has 6 heteroatoms. The molecular weight excluding hydrogens is 445 g/mol. The van der Waals surface area contributed by atoms with Crippen molar-refractivity contribution in [1.29, 1.82) is 0 Å². The van der Waals surface area contributed by atoms with E-state index in [2.05, 4.69) is 0 Å². The van der Waals surface area contributed by atoms with Crippen molar-refractivity contribution < 1.29 is 23.4 Å². The summed E-state index contributed by atoms with van der Waals surface area (Å²) in [5.41, 5.74) is 2.66. The lowest BCUT2D eigenvalue weighted by Gasteiger charge is -2.37. The summed E-state index contributed by atoms with van der Waals surface area (Å²) < 4.78 is 30.4. The minimum absolute atomic E-state index is 0.0658. The smallest absolute Gasteiger partial charge is 0.254 e. The first-order chi connectivity index (χ1) is 17.1. The molecule has 4 aromatic rings. The zero-order valence-electron chi connectivity index (χ0n) is 19.7. The minimum atomic E-state index is -0.359. The zero-order chi connectivity index (χ0) is 24.4. The highest BCUT2D eigenvalue weighted by Gasteiger charge is 2.33. The molecule has 1 heterocycles. The number of carbonyl (C=O) groups is 1. The fourth-order valence-electron chi connectivity index (χ4n) is 4.65. The van der Waals surface area contributed by atoms with Gasteiger partial charge >= 0.3 is 0 Å². The van der Waals surface area contributed by atoms with Gasteiger partial charge in [-0.25, -0.2) is 4.39 Å². The molecular formula is C29H26FNO4. The second-order valence-electron chi connectivity index (χ2n) is 8.50. The fourth-order valence-corrected chi connectivity index (χ4v) is 4.65. The van der Waals surface area contributed by atoms with Gasteiger partial charge in [-0.1, -0.05) is 30.3 Å². The van der Waals surface area contributed by atoms with Crippen LogP contribution in [0.2, 0.25) is 0 Å². The van der Waals surface area contributed by atoms with Crippen LogP contribution < -0.4 is 14.2 Å². The van der Waals surface area contributed by atoms with Crippen LogP contribution in [0.3, 0.4) is 0 Å². The van der Waals surface area contributed by atoms with Crippen LogP contribution in [0.15, 0.2) is 78.9 Å². The number of benzene rings is 4. The molecule has 0 spiro atoms. The number of amides is 1. The van der Waals surface area contributed by atoms with E-state index in [1.54, 1.807) is 26.4 Å². The fraction of sp³-hybridized carbons (Fsp3) is 0.207. The highest BCUT2D eigenvalue weighted by atomic mass is 19.1. The Kier molecular flexibility index (Phi) is 6.27. The number of nitrogens with zero attached hydrogens (tertiary/aromatic N) is 1. The van der Waals surface area contributed by atoms with Crippen molar-refractivity contribution in [3.8, 4) is 17.2 Å². The monoisotopic (exact) mass is 471 g/mol. The summed E-state index contributed by atoms with van der Waals surface area (Å²) in [5.74, 6) is 1.39. The molecule has 0 N–H and O–H groups in total. The van der Waals surface area contributed by atoms with Crippen molar-refractivity contribution in [2.75, 3.05) is 27.4 Å². The van der Waals surface area contributed by atoms with E-state index in [-0.39, 0.29) is 24.4 Å². The Morgan fingerprint density at radius 2 is 1.63 bits per heavy atom. The lowest BCUT2D eigenvalue weighted by atomic mass is 9.91. The van der Waals surface area contributed by atoms with Gasteiger partial charge in [-0.3, -0.25) is 4.79 Å². The molecule has 0 saturated heterocycles. The van der Waals surface area contributed by atoms with Crippen molar-refractivity contribution in [2.24, 2.45) is 0 Å². The van der Waals surface area contributed by atoms with Crippen LogP contribution >= 0.6 is 0 Å². The number of methoxy groups -OCH3 is 2. The van der Waals surface area contributed by atoms with Crippen molar-refractivity contribution in [1.82, 2.24) is 4.90 Å². The van der Waals surface area contributed by atoms with Gasteiger partial charge in [0.05, 0.1) is 20.3 Å². The maximum absolute atomic E-state index is 13.8. The predicted molar refractivity (Wildman–Crippen MR) is 133 cm³/mol. The van der Waals surface area contributed by atoms with Gasteiger partial charge in [0.2, 0.25) is 0 Å². The number of hydrogen-bond donors (Lipinski definition) is 0. The second-order valence-corrected chi connectivity index (χ2v) is 8.50. The summed E-state index contributed by atoms with van der Waals surface area (Å²) in [6, 6.07) is 23.2. The van der Waals surface area contributed by atoms with Crippen LogP contribution in [0.25, 0.3) is 10.8 Å². The van der Waals surface area contributed by atoms with E-state index in [4.69, 9.17) is 14.2 Å². The maximum Gasteiger partial charge on any atom is 0.254 e. The third kappa shape index (κ3) is 4.52. The topological polar surface area (TPSA) is 48.0 Å². The summed E-state index contributed by atoms with van der Waals surface area (Å²) >= 11 is 0. The Labute approximate surface area is 203 Å². The maximum atomic E-state index is 13.8. The molecule has 0 saturated carbocycles. The van der Waals surface area contributed by atoms with Gasteiger partial charge in [0.1, 0.15) is 18.2 Å². The minimum Gasteiger partial charge on any atom is -0.493 e. The third-order valence-electron chi connectivity index (χ3n) is 6.48. The summed E-state index contributed by atoms with van der Waals surface area (Å²) in [4.78, 5) is 15.6. The van der Waals surface area contributed by atoms with E-state index in [0.717, 1.165) is 21.9 Å². The van der Waals surface area contributed by atoms with Gasteiger partial charge in [-0.05, 0) is 76.9 Å². The number of ether oxygens (including phenoxy) is 3. The first-order valence-electron chi connectivity index (χ1n) is 11.5. The molecule has 0 radical (unpaired) electrons. The van der Waals surface area contributed by atoms with Gasteiger partial charge in [-0.15, -0.1) is 0 Å². The molecule has 0 bridgehead atoms. The third-order valence-corrected chi connectivity index (χ3v) is 6.48. The molecule has 0 unspecified atom stereocenters. The van der Waals surface area contributed by atoms with Crippen LogP contribution in [-0.4, -0.2) is 38.2 Å². The largest absolute Gasteiger partial charge is 0.493 e. The number of hydrogen-bond acceptors (Lipinski definition) is 4. The quantitative estimate of drug-likeness (QED) is 0.356. The van der Waals surface area contributed by atoms with Crippen molar-refractivity contribution in [2.45, 2.75) is 12.5 Å². The Bertz CT molecular complexity index is 1370. The molecule has 1 atom stereocenters. The summed E-state index contributed by atoms with van der Waals surface area (Å²) in [6.45, 7) is 0.749. The highest BCUT2D eigenvalue weighted by molar-refractivity contribution is 5.99. The summed E-state index contributed by atoms with van der Waals surface area (Å²) in [6.07, 6.45) is 0.683. The Morgan fingerprint density at radius 1 is 0.914 bits per heavy atom. The first kappa shape index (κ1) is 22.7. The number of fused-ring (bicyclic) bond motifs is 2. The second kappa shape index (κ2) is 9.66. The normalized spacial score (nSPS) is 14.9. The van der Waals surface area contributed by atoms with Crippen molar-refractivity contribution in [3.05, 3.63) is 101 Å². The predicted octanol–water partition coefficient (Wildman–Crippen LogP) is 5.81. The molecule has 1 amide bonds. The van der Waals surface area contributed by atoms with Gasteiger partial charge in [0.15, 0.2) is 11.5 Å². The van der Waals surface area contributed by atoms with E-state index in [9.17, 15) is 9.18 Å². The molecule has 0 aliphatic carbocycles. The molecule has 1 aliphatic rings. The molecule has 4 aromatic carbocycles. The molecule has 0 fully saturated rings. The molecule has 1 aliphatic heterocycles. The Morgan fingerprint density at radius 3 is 2.37 bits per heavy atom. The highest BCUT2D eigenvalue weighted by Crippen LogP contribution is 2.39. The summed E-state index contributed by atoms with van der Waals surface area (Å²) in [5, 5.41) is 2.10. The van der Waals surface area contributed by atoms with Gasteiger partial charge in [0, 0.05) is 12.1 Å². The Balaban J connectivity index is 1.51. The lowest BCUT2D eigenvalue weighted by molar-refractivity contribution is 0.0589. The number of halogens is 1. The number of rotatable bonds is 6. The average Bonchev–Trinajstić information content (AvgIpc) is 2.91. The van der Waals surface area contributed by atoms with Gasteiger partial charge in [0.25, 0.3) is 5.91 Å². The van der Waals surface area contributed by atoms with Gasteiger partial charge < -0.3 is 19.1 Å². The van der Waals surface area contributed by atoms with Crippen LogP contribution in [-0.2, 0) is 6.42 Å². The van der Waals surface area contributed by atoms with Crippen LogP contribution in [0.1, 0.15) is 27.5 Å². The molecule has 178 valence electrons. The van der Waals surface area contributed by atoms with Crippen LogP contribution in [0.4, 0.5) is 4.39 Å². The van der Waals surface area contributed by atoms with Crippen LogP contribution in [0, 0.1) is 5.82 Å². The summed E-state index contributed by atoms with van der Waals surface area (Å²) in [7, 11) is 3.20. The molecule has 5 rings (SSSR count). The van der Waals surface area contributed by atoms with E-state index in [1.165, 1.54) is 12.1 Å². The molecule has 5 nitrogen and oxygen atoms in total. The number of carbonyl (C=O) groups excluding carboxylic acids is 1. The van der Waals surface area contributed by atoms with E-state index < -0.39 is 0 Å². The van der Waals surface area contributed by atoms with E-state index in [0.29, 0.717) is 35.8 Å². The zero-order valence-corrected chi connectivity index (χ0v) is 19.7. The van der Waals surface area contributed by atoms with Crippen molar-refractivity contribution in [3.63, 3.8) is 0 Å². The van der Waals surface area contributed by atoms with Crippen molar-refractivity contribution >= 4 is 16.7 Å². The molecule has 0 aromatic heterocycles. The molecule has 35 heavy (non-hydrogen) atoms. The SMILES string of the molecule is COc1cc2c(cc1OC)[C@H](COc1ccc(F)cc1)N(C(=O)c1ccc3ccccc3c1)CC2. The first-order valence-corrected chi connectivity index (χ1v) is 11.5. The standard InChI is InChI=1S/C29H26FNO4/c1-33-27-16-21-13-14-31(29(32)22-8-7-19-5-3-4-6-20(19)15-22)26(25(21)17-28(27)34-2)18-35-24-11-9-23(30)10-12-24/h3-12,15-17,26H,13-14,18H2,1-2H3/t26-/m0/s1. The Hall–Kier alpha value is -4.06.